The highest BCUT2D eigenvalue weighted by atomic mass is 32.2. The summed E-state index contributed by atoms with van der Waals surface area (Å²) in [6, 6.07) is 0. The van der Waals surface area contributed by atoms with Gasteiger partial charge in [-0.15, -0.1) is 0 Å². The first-order chi connectivity index (χ1) is 27.5. The Kier molecular flexibility index (Phi) is 16.4. The van der Waals surface area contributed by atoms with Crippen molar-refractivity contribution in [1.29, 1.82) is 0 Å². The van der Waals surface area contributed by atoms with Crippen LogP contribution in [0, 0.1) is 0 Å². The summed E-state index contributed by atoms with van der Waals surface area (Å²) in [6.07, 6.45) is -22.1. The summed E-state index contributed by atoms with van der Waals surface area (Å²) in [5.41, 5.74) is 0. The van der Waals surface area contributed by atoms with Gasteiger partial charge in [0.05, 0.1) is 32.5 Å². The second-order valence-corrected chi connectivity index (χ2v) is 13.7. The average molecular weight is 1050 g/mol. The molecule has 382 valence electrons. The third-order valence-electron chi connectivity index (χ3n) is 7.77. The number of hydrogen-bond donors (Lipinski definition) is 1. The first-order valence-corrected chi connectivity index (χ1v) is 16.1. The zero-order valence-electron chi connectivity index (χ0n) is 28.7. The van der Waals surface area contributed by atoms with E-state index in [2.05, 4.69) is 9.47 Å². The smallest absolute Gasteiger partial charge is 0.384 e. The maximum Gasteiger partial charge on any atom is 0.384 e. The molecule has 40 heteroatoms. The third kappa shape index (κ3) is 9.30. The summed E-state index contributed by atoms with van der Waals surface area (Å²) in [6.45, 7) is -5.75. The van der Waals surface area contributed by atoms with Crippen molar-refractivity contribution in [3.63, 3.8) is 0 Å². The number of rotatable bonds is 24. The van der Waals surface area contributed by atoms with E-state index in [4.69, 9.17) is 4.55 Å². The van der Waals surface area contributed by atoms with E-state index in [1.165, 1.54) is 0 Å². The molecule has 0 bridgehead atoms. The van der Waals surface area contributed by atoms with Crippen LogP contribution >= 0.6 is 0 Å². The standard InChI is InChI=1S/C24H14F32O7S/c25-9(26)13(33,34)17(41,42)21(49,50)23(53,54)19(45,46)15(37,38)11(29,30)1-3-62-7(57)5-6(64(59,60)61)8(58)63-4-2-12(31,32)16(39,40)20(47,48)24(55,56)22(51,52)18(43,44)14(35,36)10(27)28/h6,9-10H,1-5H2,(H,59,60,61). The van der Waals surface area contributed by atoms with Crippen LogP contribution in [-0.4, -0.2) is 139 Å². The molecule has 0 fully saturated rings. The summed E-state index contributed by atoms with van der Waals surface area (Å²) >= 11 is 0. The van der Waals surface area contributed by atoms with Crippen LogP contribution in [0.25, 0.3) is 0 Å². The van der Waals surface area contributed by atoms with E-state index in [-0.39, 0.29) is 0 Å². The highest BCUT2D eigenvalue weighted by Gasteiger charge is 2.95. The lowest BCUT2D eigenvalue weighted by Crippen LogP contribution is -2.73. The first-order valence-electron chi connectivity index (χ1n) is 14.6. The molecular formula is C24H14F32O7S. The van der Waals surface area contributed by atoms with Gasteiger partial charge in [-0.2, -0.15) is 131 Å². The van der Waals surface area contributed by atoms with Crippen LogP contribution in [0.5, 0.6) is 0 Å². The van der Waals surface area contributed by atoms with E-state index >= 15 is 0 Å². The fourth-order valence-electron chi connectivity index (χ4n) is 3.84. The van der Waals surface area contributed by atoms with Gasteiger partial charge in [0.2, 0.25) is 0 Å². The lowest BCUT2D eigenvalue weighted by atomic mass is 9.88. The molecule has 0 amide bonds. The van der Waals surface area contributed by atoms with Crippen LogP contribution in [0.2, 0.25) is 0 Å². The summed E-state index contributed by atoms with van der Waals surface area (Å²) in [5, 5.41) is -3.92. The fourth-order valence-corrected chi connectivity index (χ4v) is 4.49. The van der Waals surface area contributed by atoms with E-state index < -0.39 is 156 Å². The zero-order chi connectivity index (χ0) is 52.3. The lowest BCUT2D eigenvalue weighted by Gasteiger charge is -2.42. The zero-order valence-corrected chi connectivity index (χ0v) is 29.5. The molecule has 0 heterocycles. The normalized spacial score (nSPS) is 16.4. The monoisotopic (exact) mass is 1050 g/mol. The Morgan fingerprint density at radius 3 is 0.891 bits per heavy atom. The number of alkyl halides is 32. The van der Waals surface area contributed by atoms with E-state index in [0.29, 0.717) is 0 Å². The van der Waals surface area contributed by atoms with E-state index in [9.17, 15) is 159 Å². The number of esters is 2. The molecular weight excluding hydrogens is 1040 g/mol. The number of hydrogen-bond acceptors (Lipinski definition) is 6. The van der Waals surface area contributed by atoms with E-state index in [1.807, 2.05) is 0 Å². The molecule has 0 spiro atoms. The van der Waals surface area contributed by atoms with E-state index in [1.54, 1.807) is 0 Å². The van der Waals surface area contributed by atoms with Gasteiger partial charge in [-0.05, 0) is 0 Å². The number of halogens is 32. The van der Waals surface area contributed by atoms with Crippen LogP contribution in [0.1, 0.15) is 19.3 Å². The minimum absolute atomic E-state index is 2.67. The Morgan fingerprint density at radius 1 is 0.406 bits per heavy atom. The molecule has 0 aliphatic heterocycles. The van der Waals surface area contributed by atoms with Gasteiger partial charge in [0, 0.05) is 0 Å². The van der Waals surface area contributed by atoms with Gasteiger partial charge in [-0.25, -0.2) is 17.6 Å². The van der Waals surface area contributed by atoms with Gasteiger partial charge in [0.25, 0.3) is 10.1 Å². The van der Waals surface area contributed by atoms with Crippen LogP contribution in [-0.2, 0) is 29.2 Å². The SMILES string of the molecule is O=C(CC(C(=O)OCCC(F)(F)C(F)(F)C(F)(F)C(F)(F)C(F)(F)C(F)(F)C(F)(F)C(F)F)S(=O)(=O)O)OCCC(F)(F)C(F)(F)C(F)(F)C(F)(F)C(F)(F)C(F)(F)C(F)(F)C(F)F. The second kappa shape index (κ2) is 17.4. The molecule has 0 saturated carbocycles. The van der Waals surface area contributed by atoms with Crippen molar-refractivity contribution >= 4 is 22.1 Å². The predicted octanol–water partition coefficient (Wildman–Crippen LogP) is 9.92. The quantitative estimate of drug-likeness (QED) is 0.0583. The van der Waals surface area contributed by atoms with Crippen molar-refractivity contribution in [1.82, 2.24) is 0 Å². The fraction of sp³-hybridized carbons (Fsp3) is 0.917. The minimum atomic E-state index is -8.90. The van der Waals surface area contributed by atoms with Gasteiger partial charge in [0.15, 0.2) is 5.25 Å². The Morgan fingerprint density at radius 2 is 0.641 bits per heavy atom. The molecule has 0 aromatic rings. The molecule has 0 aliphatic rings. The van der Waals surface area contributed by atoms with Crippen molar-refractivity contribution in [2.45, 2.75) is 120 Å². The molecule has 0 aromatic heterocycles. The molecule has 1 N–H and O–H groups in total. The molecule has 0 saturated heterocycles. The van der Waals surface area contributed by atoms with Crippen molar-refractivity contribution in [3.05, 3.63) is 0 Å². The van der Waals surface area contributed by atoms with Crippen molar-refractivity contribution in [3.8, 4) is 0 Å². The summed E-state index contributed by atoms with van der Waals surface area (Å²) < 4.78 is 467. The molecule has 0 aliphatic carbocycles. The molecule has 7 nitrogen and oxygen atoms in total. The third-order valence-corrected chi connectivity index (χ3v) is 8.85. The highest BCUT2D eigenvalue weighted by Crippen LogP contribution is 2.65. The minimum Gasteiger partial charge on any atom is -0.465 e. The number of carbonyl (C=O) groups excluding carboxylic acids is 2. The molecule has 0 rings (SSSR count). The highest BCUT2D eigenvalue weighted by molar-refractivity contribution is 7.87. The summed E-state index contributed by atoms with van der Waals surface area (Å²) in [7, 11) is -6.48. The number of ether oxygens (including phenoxy) is 2. The lowest BCUT2D eigenvalue weighted by molar-refractivity contribution is -0.447. The Bertz CT molecular complexity index is 1780. The Balaban J connectivity index is 6.24. The van der Waals surface area contributed by atoms with Crippen molar-refractivity contribution in [2.75, 3.05) is 13.2 Å². The largest absolute Gasteiger partial charge is 0.465 e. The van der Waals surface area contributed by atoms with Gasteiger partial charge < -0.3 is 9.47 Å². The predicted molar refractivity (Wildman–Crippen MR) is 132 cm³/mol. The van der Waals surface area contributed by atoms with Gasteiger partial charge in [-0.1, -0.05) is 0 Å². The summed E-state index contributed by atoms with van der Waals surface area (Å²) in [4.78, 5) is 23.6. The van der Waals surface area contributed by atoms with Gasteiger partial charge in [-0.3, -0.25) is 14.1 Å². The maximum absolute atomic E-state index is 14.0. The van der Waals surface area contributed by atoms with Crippen LogP contribution in [0.15, 0.2) is 0 Å². The first kappa shape index (κ1) is 60.6. The van der Waals surface area contributed by atoms with Gasteiger partial charge in [0.1, 0.15) is 0 Å². The maximum atomic E-state index is 14.0. The average Bonchev–Trinajstić information content (AvgIpc) is 3.08. The molecule has 1 unspecified atom stereocenters. The summed E-state index contributed by atoms with van der Waals surface area (Å²) in [5.74, 6) is -122. The van der Waals surface area contributed by atoms with Gasteiger partial charge >= 0.3 is 108 Å². The molecule has 0 radical (unpaired) electrons. The Labute approximate surface area is 329 Å². The molecule has 64 heavy (non-hydrogen) atoms. The van der Waals surface area contributed by atoms with Crippen LogP contribution in [0.4, 0.5) is 140 Å². The van der Waals surface area contributed by atoms with Crippen molar-refractivity contribution in [2.24, 2.45) is 0 Å². The van der Waals surface area contributed by atoms with Crippen LogP contribution < -0.4 is 0 Å². The van der Waals surface area contributed by atoms with E-state index in [0.717, 1.165) is 0 Å². The van der Waals surface area contributed by atoms with Crippen LogP contribution in [0.3, 0.4) is 0 Å². The Hall–Kier alpha value is -3.39. The molecule has 0 aromatic carbocycles. The van der Waals surface area contributed by atoms with Crippen molar-refractivity contribution < 1.29 is 173 Å². The number of carbonyl (C=O) groups is 2. The topological polar surface area (TPSA) is 107 Å². The molecule has 1 atom stereocenters. The second-order valence-electron chi connectivity index (χ2n) is 12.1.